The molecule has 0 aliphatic carbocycles. The van der Waals surface area contributed by atoms with Gasteiger partial charge in [0.2, 0.25) is 5.13 Å². The SMILES string of the molecule is CCc1nsc(NCc2ccc(Cl)s2)n1. The largest absolute Gasteiger partial charge is 0.355 e. The number of thiophene rings is 1. The normalized spacial score (nSPS) is 10.5. The third-order valence-electron chi connectivity index (χ3n) is 1.83. The summed E-state index contributed by atoms with van der Waals surface area (Å²) in [6, 6.07) is 3.92. The molecule has 2 heterocycles. The minimum atomic E-state index is 0.760. The van der Waals surface area contributed by atoms with Gasteiger partial charge in [-0.15, -0.1) is 11.3 Å². The molecule has 0 fully saturated rings. The molecular formula is C9H10ClN3S2. The van der Waals surface area contributed by atoms with Gasteiger partial charge in [-0.3, -0.25) is 0 Å². The number of rotatable bonds is 4. The van der Waals surface area contributed by atoms with Crippen molar-refractivity contribution in [2.45, 2.75) is 19.9 Å². The molecule has 15 heavy (non-hydrogen) atoms. The van der Waals surface area contributed by atoms with Gasteiger partial charge in [-0.2, -0.15) is 4.37 Å². The van der Waals surface area contributed by atoms with Crippen molar-refractivity contribution < 1.29 is 0 Å². The summed E-state index contributed by atoms with van der Waals surface area (Å²) in [7, 11) is 0. The van der Waals surface area contributed by atoms with Crippen LogP contribution in [0.25, 0.3) is 0 Å². The molecule has 0 unspecified atom stereocenters. The number of hydrogen-bond donors (Lipinski definition) is 1. The molecule has 0 saturated carbocycles. The molecule has 0 aliphatic heterocycles. The lowest BCUT2D eigenvalue weighted by atomic mass is 10.5. The van der Waals surface area contributed by atoms with Crippen molar-refractivity contribution in [3.8, 4) is 0 Å². The first-order valence-corrected chi connectivity index (χ1v) is 6.55. The summed E-state index contributed by atoms with van der Waals surface area (Å²) in [4.78, 5) is 5.52. The molecule has 0 amide bonds. The number of aryl methyl sites for hydroxylation is 1. The lowest BCUT2D eigenvalue weighted by Gasteiger charge is -1.97. The minimum Gasteiger partial charge on any atom is -0.355 e. The second-order valence-electron chi connectivity index (χ2n) is 2.93. The van der Waals surface area contributed by atoms with Crippen molar-refractivity contribution in [3.05, 3.63) is 27.2 Å². The Kier molecular flexibility index (Phi) is 3.56. The second kappa shape index (κ2) is 4.92. The first-order valence-electron chi connectivity index (χ1n) is 4.58. The Hall–Kier alpha value is -0.650. The topological polar surface area (TPSA) is 37.8 Å². The third kappa shape index (κ3) is 2.90. The fraction of sp³-hybridized carbons (Fsp3) is 0.333. The first kappa shape index (κ1) is 10.9. The molecule has 2 aromatic heterocycles. The summed E-state index contributed by atoms with van der Waals surface area (Å²) < 4.78 is 5.02. The Morgan fingerprint density at radius 1 is 1.47 bits per heavy atom. The molecule has 0 aromatic carbocycles. The molecule has 80 valence electrons. The fourth-order valence-corrected chi connectivity index (χ4v) is 2.75. The highest BCUT2D eigenvalue weighted by Crippen LogP contribution is 2.22. The Labute approximate surface area is 101 Å². The summed E-state index contributed by atoms with van der Waals surface area (Å²) in [6.45, 7) is 2.81. The van der Waals surface area contributed by atoms with E-state index in [1.165, 1.54) is 16.4 Å². The van der Waals surface area contributed by atoms with Crippen molar-refractivity contribution in [2.24, 2.45) is 0 Å². The predicted molar refractivity (Wildman–Crippen MR) is 65.9 cm³/mol. The number of anilines is 1. The van der Waals surface area contributed by atoms with Crippen LogP contribution in [0.15, 0.2) is 12.1 Å². The van der Waals surface area contributed by atoms with E-state index in [4.69, 9.17) is 11.6 Å². The molecule has 0 spiro atoms. The molecule has 0 radical (unpaired) electrons. The Bertz CT molecular complexity index is 438. The summed E-state index contributed by atoms with van der Waals surface area (Å²) in [6.07, 6.45) is 0.878. The van der Waals surface area contributed by atoms with Gasteiger partial charge in [0.05, 0.1) is 10.9 Å². The van der Waals surface area contributed by atoms with E-state index in [1.807, 2.05) is 19.1 Å². The standard InChI is InChI=1S/C9H10ClN3S2/c1-2-8-12-9(15-13-8)11-5-6-3-4-7(10)14-6/h3-4H,2,5H2,1H3,(H,11,12,13). The average molecular weight is 260 g/mol. The highest BCUT2D eigenvalue weighted by molar-refractivity contribution is 7.16. The molecule has 1 N–H and O–H groups in total. The van der Waals surface area contributed by atoms with E-state index in [0.29, 0.717) is 0 Å². The van der Waals surface area contributed by atoms with Crippen molar-refractivity contribution in [2.75, 3.05) is 5.32 Å². The summed E-state index contributed by atoms with van der Waals surface area (Å²) in [5.74, 6) is 0.895. The third-order valence-corrected chi connectivity index (χ3v) is 3.77. The van der Waals surface area contributed by atoms with Crippen LogP contribution in [-0.4, -0.2) is 9.36 Å². The lowest BCUT2D eigenvalue weighted by Crippen LogP contribution is -1.96. The van der Waals surface area contributed by atoms with Crippen molar-refractivity contribution >= 4 is 39.6 Å². The first-order chi connectivity index (χ1) is 7.28. The second-order valence-corrected chi connectivity index (χ2v) is 5.48. The zero-order valence-corrected chi connectivity index (χ0v) is 10.5. The Balaban J connectivity index is 1.93. The van der Waals surface area contributed by atoms with Crippen LogP contribution >= 0.6 is 34.5 Å². The number of halogens is 1. The van der Waals surface area contributed by atoms with Crippen molar-refractivity contribution in [1.82, 2.24) is 9.36 Å². The summed E-state index contributed by atoms with van der Waals surface area (Å²) in [5.41, 5.74) is 0. The number of nitrogens with one attached hydrogen (secondary N) is 1. The van der Waals surface area contributed by atoms with Gasteiger partial charge in [0, 0.05) is 22.8 Å². The van der Waals surface area contributed by atoms with Crippen molar-refractivity contribution in [1.29, 1.82) is 0 Å². The van der Waals surface area contributed by atoms with Gasteiger partial charge in [-0.25, -0.2) is 4.98 Å². The van der Waals surface area contributed by atoms with E-state index < -0.39 is 0 Å². The molecule has 3 nitrogen and oxygen atoms in total. The Morgan fingerprint density at radius 2 is 2.33 bits per heavy atom. The monoisotopic (exact) mass is 259 g/mol. The zero-order chi connectivity index (χ0) is 10.7. The predicted octanol–water partition coefficient (Wildman–Crippen LogP) is 3.43. The van der Waals surface area contributed by atoms with Crippen LogP contribution in [0, 0.1) is 0 Å². The van der Waals surface area contributed by atoms with Crippen molar-refractivity contribution in [3.63, 3.8) is 0 Å². The van der Waals surface area contributed by atoms with Gasteiger partial charge in [0.1, 0.15) is 5.82 Å². The van der Waals surface area contributed by atoms with Gasteiger partial charge in [-0.1, -0.05) is 18.5 Å². The van der Waals surface area contributed by atoms with Gasteiger partial charge >= 0.3 is 0 Å². The molecular weight excluding hydrogens is 250 g/mol. The molecule has 2 aromatic rings. The number of aromatic nitrogens is 2. The maximum atomic E-state index is 5.83. The van der Waals surface area contributed by atoms with E-state index >= 15 is 0 Å². The Morgan fingerprint density at radius 3 is 2.93 bits per heavy atom. The van der Waals surface area contributed by atoms with E-state index in [-0.39, 0.29) is 0 Å². The van der Waals surface area contributed by atoms with Crippen LogP contribution in [0.5, 0.6) is 0 Å². The minimum absolute atomic E-state index is 0.760. The summed E-state index contributed by atoms with van der Waals surface area (Å²) >= 11 is 8.81. The van der Waals surface area contributed by atoms with Gasteiger partial charge in [0.25, 0.3) is 0 Å². The average Bonchev–Trinajstić information content (AvgIpc) is 2.83. The van der Waals surface area contributed by atoms with E-state index in [9.17, 15) is 0 Å². The maximum Gasteiger partial charge on any atom is 0.202 e. The quantitative estimate of drug-likeness (QED) is 0.914. The zero-order valence-electron chi connectivity index (χ0n) is 8.16. The summed E-state index contributed by atoms with van der Waals surface area (Å²) in [5, 5.41) is 4.10. The van der Waals surface area contributed by atoms with E-state index in [2.05, 4.69) is 14.7 Å². The highest BCUT2D eigenvalue weighted by Gasteiger charge is 2.02. The van der Waals surface area contributed by atoms with Gasteiger partial charge in [-0.05, 0) is 12.1 Å². The fourth-order valence-electron chi connectivity index (χ4n) is 1.08. The maximum absolute atomic E-state index is 5.83. The van der Waals surface area contributed by atoms with E-state index in [1.54, 1.807) is 11.3 Å². The van der Waals surface area contributed by atoms with Crippen LogP contribution in [0.4, 0.5) is 5.13 Å². The number of nitrogens with zero attached hydrogens (tertiary/aromatic N) is 2. The lowest BCUT2D eigenvalue weighted by molar-refractivity contribution is 0.994. The van der Waals surface area contributed by atoms with Gasteiger partial charge < -0.3 is 5.32 Å². The van der Waals surface area contributed by atoms with Crippen LogP contribution in [0.3, 0.4) is 0 Å². The molecule has 0 bridgehead atoms. The molecule has 2 rings (SSSR count). The highest BCUT2D eigenvalue weighted by atomic mass is 35.5. The number of hydrogen-bond acceptors (Lipinski definition) is 5. The van der Waals surface area contributed by atoms with Crippen LogP contribution in [0.2, 0.25) is 4.34 Å². The molecule has 6 heteroatoms. The van der Waals surface area contributed by atoms with Crippen LogP contribution in [-0.2, 0) is 13.0 Å². The van der Waals surface area contributed by atoms with E-state index in [0.717, 1.165) is 28.3 Å². The van der Waals surface area contributed by atoms with Gasteiger partial charge in [0.15, 0.2) is 0 Å². The molecule has 0 atom stereocenters. The molecule has 0 saturated heterocycles. The van der Waals surface area contributed by atoms with Crippen LogP contribution in [0.1, 0.15) is 17.6 Å². The smallest absolute Gasteiger partial charge is 0.202 e. The molecule has 0 aliphatic rings. The van der Waals surface area contributed by atoms with Crippen LogP contribution < -0.4 is 5.32 Å².